The largest absolute Gasteiger partial charge is 0.383 e. The molecule has 7 heteroatoms. The Kier molecular flexibility index (Phi) is 6.52. The Morgan fingerprint density at radius 2 is 2.08 bits per heavy atom. The molecule has 1 unspecified atom stereocenters. The molecule has 0 aromatic heterocycles. The minimum atomic E-state index is -0.448. The molecule has 2 rings (SSSR count). The van der Waals surface area contributed by atoms with Crippen molar-refractivity contribution in [2.75, 3.05) is 32.1 Å². The monoisotopic (exact) mass is 347 g/mol. The molecule has 1 aromatic carbocycles. The van der Waals surface area contributed by atoms with E-state index in [4.69, 9.17) is 4.74 Å². The predicted molar refractivity (Wildman–Crippen MR) is 94.4 cm³/mol. The van der Waals surface area contributed by atoms with E-state index in [-0.39, 0.29) is 17.7 Å². The summed E-state index contributed by atoms with van der Waals surface area (Å²) >= 11 is 0. The zero-order valence-corrected chi connectivity index (χ0v) is 14.9. The number of methoxy groups -OCH3 is 1. The molecule has 1 aromatic rings. The zero-order valence-electron chi connectivity index (χ0n) is 14.9. The fraction of sp³-hybridized carbons (Fsp3) is 0.500. The third-order valence-corrected chi connectivity index (χ3v) is 4.39. The van der Waals surface area contributed by atoms with Crippen LogP contribution in [0.25, 0.3) is 0 Å². The summed E-state index contributed by atoms with van der Waals surface area (Å²) in [5.74, 6) is -0.523. The van der Waals surface area contributed by atoms with Gasteiger partial charge in [0.05, 0.1) is 6.61 Å². The first-order chi connectivity index (χ1) is 12.0. The molecule has 0 spiro atoms. The van der Waals surface area contributed by atoms with Crippen LogP contribution in [0.4, 0.5) is 5.69 Å². The van der Waals surface area contributed by atoms with Crippen molar-refractivity contribution in [2.24, 2.45) is 0 Å². The van der Waals surface area contributed by atoms with Crippen LogP contribution in [0.1, 0.15) is 35.7 Å². The predicted octanol–water partition coefficient (Wildman–Crippen LogP) is 1.32. The number of hydrogen-bond acceptors (Lipinski definition) is 4. The van der Waals surface area contributed by atoms with Gasteiger partial charge in [-0.1, -0.05) is 6.07 Å². The summed E-state index contributed by atoms with van der Waals surface area (Å²) in [5, 5.41) is 5.63. The highest BCUT2D eigenvalue weighted by Gasteiger charge is 2.32. The van der Waals surface area contributed by atoms with E-state index in [9.17, 15) is 14.4 Å². The number of likely N-dealkylation sites (tertiary alicyclic amines) is 1. The van der Waals surface area contributed by atoms with Crippen LogP contribution in [-0.4, -0.2) is 55.5 Å². The standard InChI is InChI=1S/C18H25N3O4/c1-12-14(17(23)19-9-11-25-3)6-4-7-15(12)20-18(24)16-8-5-10-21(16)13(2)22/h4,6-7,16H,5,8-11H2,1-3H3,(H,19,23)(H,20,24). The van der Waals surface area contributed by atoms with Gasteiger partial charge in [-0.25, -0.2) is 0 Å². The molecule has 1 aliphatic rings. The number of carbonyl (C=O) groups is 3. The van der Waals surface area contributed by atoms with Gasteiger partial charge in [0, 0.05) is 38.4 Å². The maximum absolute atomic E-state index is 12.6. The third kappa shape index (κ3) is 4.57. The molecular weight excluding hydrogens is 322 g/mol. The van der Waals surface area contributed by atoms with Crippen molar-refractivity contribution in [3.63, 3.8) is 0 Å². The van der Waals surface area contributed by atoms with Crippen LogP contribution < -0.4 is 10.6 Å². The van der Waals surface area contributed by atoms with Gasteiger partial charge in [-0.3, -0.25) is 14.4 Å². The third-order valence-electron chi connectivity index (χ3n) is 4.39. The van der Waals surface area contributed by atoms with E-state index in [1.165, 1.54) is 6.92 Å². The van der Waals surface area contributed by atoms with Crippen molar-refractivity contribution in [2.45, 2.75) is 32.7 Å². The van der Waals surface area contributed by atoms with E-state index in [0.29, 0.717) is 42.9 Å². The molecule has 1 atom stereocenters. The number of amides is 3. The summed E-state index contributed by atoms with van der Waals surface area (Å²) in [6.45, 7) is 4.72. The number of nitrogens with one attached hydrogen (secondary N) is 2. The van der Waals surface area contributed by atoms with Gasteiger partial charge in [0.1, 0.15) is 6.04 Å². The molecule has 136 valence electrons. The second kappa shape index (κ2) is 8.62. The smallest absolute Gasteiger partial charge is 0.251 e. The Morgan fingerprint density at radius 1 is 1.32 bits per heavy atom. The first kappa shape index (κ1) is 18.9. The molecule has 0 saturated carbocycles. The summed E-state index contributed by atoms with van der Waals surface area (Å²) in [6, 6.07) is 4.75. The summed E-state index contributed by atoms with van der Waals surface area (Å²) in [5.41, 5.74) is 1.78. The van der Waals surface area contributed by atoms with Gasteiger partial charge in [-0.2, -0.15) is 0 Å². The lowest BCUT2D eigenvalue weighted by Crippen LogP contribution is -2.42. The molecule has 3 amide bonds. The number of anilines is 1. The Bertz CT molecular complexity index is 660. The van der Waals surface area contributed by atoms with Crippen LogP contribution in [0, 0.1) is 6.92 Å². The number of nitrogens with zero attached hydrogens (tertiary/aromatic N) is 1. The minimum Gasteiger partial charge on any atom is -0.383 e. The molecule has 0 bridgehead atoms. The van der Waals surface area contributed by atoms with Crippen molar-refractivity contribution in [3.8, 4) is 0 Å². The molecule has 0 aliphatic carbocycles. The first-order valence-corrected chi connectivity index (χ1v) is 8.40. The van der Waals surface area contributed by atoms with E-state index in [2.05, 4.69) is 10.6 Å². The van der Waals surface area contributed by atoms with Gasteiger partial charge in [0.25, 0.3) is 5.91 Å². The molecule has 1 saturated heterocycles. The lowest BCUT2D eigenvalue weighted by Gasteiger charge is -2.23. The average molecular weight is 347 g/mol. The number of benzene rings is 1. The van der Waals surface area contributed by atoms with Crippen molar-refractivity contribution < 1.29 is 19.1 Å². The van der Waals surface area contributed by atoms with Crippen LogP contribution in [-0.2, 0) is 14.3 Å². The highest BCUT2D eigenvalue weighted by molar-refractivity contribution is 6.01. The molecule has 1 fully saturated rings. The Labute approximate surface area is 147 Å². The normalized spacial score (nSPS) is 16.6. The van der Waals surface area contributed by atoms with Crippen molar-refractivity contribution >= 4 is 23.4 Å². The Morgan fingerprint density at radius 3 is 2.76 bits per heavy atom. The van der Waals surface area contributed by atoms with Crippen LogP contribution in [0.15, 0.2) is 18.2 Å². The average Bonchev–Trinajstić information content (AvgIpc) is 3.07. The summed E-state index contributed by atoms with van der Waals surface area (Å²) < 4.78 is 4.92. The van der Waals surface area contributed by atoms with E-state index in [1.54, 1.807) is 37.1 Å². The number of rotatable bonds is 6. The van der Waals surface area contributed by atoms with Crippen molar-refractivity contribution in [3.05, 3.63) is 29.3 Å². The highest BCUT2D eigenvalue weighted by atomic mass is 16.5. The van der Waals surface area contributed by atoms with Crippen molar-refractivity contribution in [1.82, 2.24) is 10.2 Å². The summed E-state index contributed by atoms with van der Waals surface area (Å²) in [6.07, 6.45) is 1.47. The maximum atomic E-state index is 12.6. The Hall–Kier alpha value is -2.41. The molecule has 25 heavy (non-hydrogen) atoms. The quantitative estimate of drug-likeness (QED) is 0.760. The second-order valence-corrected chi connectivity index (χ2v) is 6.09. The van der Waals surface area contributed by atoms with Gasteiger partial charge in [0.15, 0.2) is 0 Å². The van der Waals surface area contributed by atoms with Gasteiger partial charge >= 0.3 is 0 Å². The van der Waals surface area contributed by atoms with Crippen LogP contribution in [0.2, 0.25) is 0 Å². The van der Waals surface area contributed by atoms with E-state index < -0.39 is 6.04 Å². The lowest BCUT2D eigenvalue weighted by atomic mass is 10.1. The minimum absolute atomic E-state index is 0.0966. The van der Waals surface area contributed by atoms with E-state index >= 15 is 0 Å². The highest BCUT2D eigenvalue weighted by Crippen LogP contribution is 2.22. The van der Waals surface area contributed by atoms with Gasteiger partial charge in [-0.15, -0.1) is 0 Å². The van der Waals surface area contributed by atoms with E-state index in [0.717, 1.165) is 6.42 Å². The summed E-state index contributed by atoms with van der Waals surface area (Å²) in [4.78, 5) is 38.0. The number of ether oxygens (including phenoxy) is 1. The lowest BCUT2D eigenvalue weighted by molar-refractivity contribution is -0.134. The maximum Gasteiger partial charge on any atom is 0.251 e. The van der Waals surface area contributed by atoms with Gasteiger partial charge < -0.3 is 20.3 Å². The fourth-order valence-corrected chi connectivity index (χ4v) is 3.01. The van der Waals surface area contributed by atoms with Crippen LogP contribution in [0.5, 0.6) is 0 Å². The number of hydrogen-bond donors (Lipinski definition) is 2. The first-order valence-electron chi connectivity index (χ1n) is 8.40. The van der Waals surface area contributed by atoms with Gasteiger partial charge in [-0.05, 0) is 37.5 Å². The van der Waals surface area contributed by atoms with Crippen LogP contribution >= 0.6 is 0 Å². The van der Waals surface area contributed by atoms with Crippen molar-refractivity contribution in [1.29, 1.82) is 0 Å². The zero-order chi connectivity index (χ0) is 18.4. The molecule has 0 radical (unpaired) electrons. The molecule has 1 aliphatic heterocycles. The molecular formula is C18H25N3O4. The molecule has 7 nitrogen and oxygen atoms in total. The topological polar surface area (TPSA) is 87.7 Å². The Balaban J connectivity index is 2.09. The molecule has 2 N–H and O–H groups in total. The molecule has 1 heterocycles. The second-order valence-electron chi connectivity index (χ2n) is 6.09. The fourth-order valence-electron chi connectivity index (χ4n) is 3.01. The van der Waals surface area contributed by atoms with Gasteiger partial charge in [0.2, 0.25) is 11.8 Å². The van der Waals surface area contributed by atoms with Crippen LogP contribution in [0.3, 0.4) is 0 Å². The SMILES string of the molecule is COCCNC(=O)c1cccc(NC(=O)C2CCCN2C(C)=O)c1C. The van der Waals surface area contributed by atoms with E-state index in [1.807, 2.05) is 0 Å². The summed E-state index contributed by atoms with van der Waals surface area (Å²) in [7, 11) is 1.57. The number of carbonyl (C=O) groups excluding carboxylic acids is 3.